The maximum atomic E-state index is 12.4. The van der Waals surface area contributed by atoms with Crippen LogP contribution in [0.3, 0.4) is 0 Å². The van der Waals surface area contributed by atoms with Crippen LogP contribution in [0.1, 0.15) is 32.4 Å². The molecule has 0 aromatic heterocycles. The van der Waals surface area contributed by atoms with Crippen molar-refractivity contribution in [3.63, 3.8) is 0 Å². The highest BCUT2D eigenvalue weighted by Crippen LogP contribution is 2.38. The van der Waals surface area contributed by atoms with Crippen LogP contribution in [0.25, 0.3) is 0 Å². The Kier molecular flexibility index (Phi) is 8.04. The second-order valence-electron chi connectivity index (χ2n) is 5.89. The maximum absolute atomic E-state index is 12.4. The molecular weight excluding hydrogens is 379 g/mol. The van der Waals surface area contributed by atoms with Crippen LogP contribution in [-0.4, -0.2) is 34.7 Å². The summed E-state index contributed by atoms with van der Waals surface area (Å²) in [6.07, 6.45) is 0. The van der Waals surface area contributed by atoms with Crippen molar-refractivity contribution < 1.29 is 18.9 Å². The first kappa shape index (κ1) is 21.3. The zero-order valence-electron chi connectivity index (χ0n) is 13.8. The highest BCUT2D eigenvalue weighted by Gasteiger charge is 2.35. The van der Waals surface area contributed by atoms with E-state index in [-0.39, 0.29) is 28.2 Å². The lowest BCUT2D eigenvalue weighted by Gasteiger charge is -2.27. The van der Waals surface area contributed by atoms with E-state index in [9.17, 15) is 14.7 Å². The second kappa shape index (κ2) is 9.07. The molecule has 0 aliphatic heterocycles. The number of benzene rings is 1. The zero-order chi connectivity index (χ0) is 18.5. The fraction of sp³-hybridized carbons (Fsp3) is 0.571. The Hall–Kier alpha value is -0.770. The van der Waals surface area contributed by atoms with Crippen LogP contribution in [0.15, 0.2) is 12.1 Å². The van der Waals surface area contributed by atoms with E-state index >= 15 is 0 Å². The smallest absolute Gasteiger partial charge is 0.227 e. The Morgan fingerprint density at radius 2 is 2.00 bits per heavy atom. The number of nitrogens with one attached hydrogen (secondary N) is 1. The topological polar surface area (TPSA) is 96.7 Å². The molecule has 0 aliphatic carbocycles. The zero-order valence-corrected chi connectivity index (χ0v) is 16.1. The van der Waals surface area contributed by atoms with Gasteiger partial charge in [0.2, 0.25) is 6.54 Å². The lowest BCUT2D eigenvalue weighted by molar-refractivity contribution is -0.483. The van der Waals surface area contributed by atoms with Crippen LogP contribution in [-0.2, 0) is 16.1 Å². The van der Waals surface area contributed by atoms with Crippen LogP contribution >= 0.6 is 23.2 Å². The van der Waals surface area contributed by atoms with Gasteiger partial charge in [0.1, 0.15) is 16.5 Å². The minimum Gasteiger partial charge on any atom is -0.598 e. The van der Waals surface area contributed by atoms with Gasteiger partial charge in [-0.05, 0) is 32.9 Å². The summed E-state index contributed by atoms with van der Waals surface area (Å²) < 4.78 is 24.8. The molecule has 2 unspecified atom stereocenters. The number of nitrogens with zero attached hydrogens (tertiary/aromatic N) is 1. The summed E-state index contributed by atoms with van der Waals surface area (Å²) in [7, 11) is 1.44. The molecule has 24 heavy (non-hydrogen) atoms. The van der Waals surface area contributed by atoms with Crippen LogP contribution in [0.4, 0.5) is 0 Å². The van der Waals surface area contributed by atoms with Gasteiger partial charge in [-0.15, -0.1) is 4.72 Å². The highest BCUT2D eigenvalue weighted by atomic mass is 35.5. The van der Waals surface area contributed by atoms with Crippen molar-refractivity contribution in [1.82, 2.24) is 4.72 Å². The van der Waals surface area contributed by atoms with Crippen LogP contribution in [0.2, 0.25) is 10.0 Å². The molecule has 0 aliphatic rings. The molecule has 2 atom stereocenters. The standard InChI is InChI=1S/C14H20Cl2N2O5S/c1-14(2,3)24(21)17-10(7-18(19)20)12-11(23-8-22-4)6-5-9(15)13(12)16/h5-6,10,17H,7-8H2,1-4H3. The summed E-state index contributed by atoms with van der Waals surface area (Å²) in [6.45, 7) is 4.65. The monoisotopic (exact) mass is 398 g/mol. The van der Waals surface area contributed by atoms with Crippen molar-refractivity contribution in [2.75, 3.05) is 20.4 Å². The third-order valence-corrected chi connectivity index (χ3v) is 5.34. The summed E-state index contributed by atoms with van der Waals surface area (Å²) in [5.74, 6) is 0.275. The molecule has 10 heteroatoms. The Bertz CT molecular complexity index is 583. The molecular formula is C14H20Cl2N2O5S. The summed E-state index contributed by atoms with van der Waals surface area (Å²) in [6, 6.07) is 2.11. The van der Waals surface area contributed by atoms with Crippen molar-refractivity contribution >= 4 is 34.6 Å². The first-order valence-corrected chi connectivity index (χ1v) is 8.88. The van der Waals surface area contributed by atoms with Crippen molar-refractivity contribution in [1.29, 1.82) is 0 Å². The molecule has 1 N–H and O–H groups in total. The molecule has 1 rings (SSSR count). The van der Waals surface area contributed by atoms with Gasteiger partial charge in [-0.25, -0.2) is 0 Å². The molecule has 0 saturated heterocycles. The number of hydrogen-bond donors (Lipinski definition) is 1. The molecule has 136 valence electrons. The normalized spacial score (nSPS) is 14.3. The summed E-state index contributed by atoms with van der Waals surface area (Å²) in [5.41, 5.74) is 0.274. The molecule has 0 saturated carbocycles. The Morgan fingerprint density at radius 3 is 2.50 bits per heavy atom. The molecule has 1 aromatic carbocycles. The summed E-state index contributed by atoms with van der Waals surface area (Å²) >= 11 is 10.7. The van der Waals surface area contributed by atoms with Crippen LogP contribution < -0.4 is 9.46 Å². The molecule has 0 heterocycles. The first-order valence-electron chi connectivity index (χ1n) is 6.97. The average molecular weight is 399 g/mol. The molecule has 0 amide bonds. The van der Waals surface area contributed by atoms with Crippen LogP contribution in [0, 0.1) is 10.1 Å². The molecule has 0 fully saturated rings. The van der Waals surface area contributed by atoms with Crippen molar-refractivity contribution in [3.05, 3.63) is 37.9 Å². The summed E-state index contributed by atoms with van der Waals surface area (Å²) in [5, 5.41) is 11.4. The SMILES string of the molecule is COCOc1ccc(Cl)c(Cl)c1C(C[N+](=O)[O-])N[S+]([O-])C(C)(C)C. The Balaban J connectivity index is 3.29. The highest BCUT2D eigenvalue weighted by molar-refractivity contribution is 7.90. The van der Waals surface area contributed by atoms with E-state index in [0.717, 1.165) is 0 Å². The van der Waals surface area contributed by atoms with Gasteiger partial charge < -0.3 is 14.0 Å². The molecule has 0 bridgehead atoms. The molecule has 0 radical (unpaired) electrons. The van der Waals surface area contributed by atoms with Gasteiger partial charge in [0, 0.05) is 29.0 Å². The van der Waals surface area contributed by atoms with Crippen molar-refractivity contribution in [3.8, 4) is 5.75 Å². The van der Waals surface area contributed by atoms with E-state index in [1.165, 1.54) is 19.2 Å². The van der Waals surface area contributed by atoms with E-state index in [4.69, 9.17) is 32.7 Å². The number of methoxy groups -OCH3 is 1. The van der Waals surface area contributed by atoms with E-state index < -0.39 is 33.6 Å². The molecule has 1 aromatic rings. The fourth-order valence-electron chi connectivity index (χ4n) is 1.76. The predicted octanol–water partition coefficient (Wildman–Crippen LogP) is 3.35. The number of nitro groups is 1. The fourth-order valence-corrected chi connectivity index (χ4v) is 3.02. The molecule has 0 spiro atoms. The number of rotatable bonds is 8. The summed E-state index contributed by atoms with van der Waals surface area (Å²) in [4.78, 5) is 10.5. The van der Waals surface area contributed by atoms with Gasteiger partial charge in [0.25, 0.3) is 0 Å². The maximum Gasteiger partial charge on any atom is 0.227 e. The van der Waals surface area contributed by atoms with Gasteiger partial charge in [-0.1, -0.05) is 23.2 Å². The quantitative estimate of drug-likeness (QED) is 0.312. The van der Waals surface area contributed by atoms with Crippen LogP contribution in [0.5, 0.6) is 5.75 Å². The second-order valence-corrected chi connectivity index (χ2v) is 8.67. The lowest BCUT2D eigenvalue weighted by atomic mass is 10.1. The first-order chi connectivity index (χ1) is 11.1. The van der Waals surface area contributed by atoms with E-state index in [0.29, 0.717) is 0 Å². The van der Waals surface area contributed by atoms with Crippen molar-refractivity contribution in [2.24, 2.45) is 0 Å². The third kappa shape index (κ3) is 5.94. The van der Waals surface area contributed by atoms with E-state index in [1.807, 2.05) is 0 Å². The Morgan fingerprint density at radius 1 is 1.38 bits per heavy atom. The predicted molar refractivity (Wildman–Crippen MR) is 94.6 cm³/mol. The molecule has 7 nitrogen and oxygen atoms in total. The third-order valence-electron chi connectivity index (χ3n) is 2.91. The van der Waals surface area contributed by atoms with E-state index in [2.05, 4.69) is 4.72 Å². The lowest BCUT2D eigenvalue weighted by Crippen LogP contribution is -2.43. The van der Waals surface area contributed by atoms with Gasteiger partial charge in [-0.2, -0.15) is 0 Å². The van der Waals surface area contributed by atoms with E-state index in [1.54, 1.807) is 20.8 Å². The van der Waals surface area contributed by atoms with Gasteiger partial charge in [0.05, 0.1) is 10.0 Å². The number of halogens is 2. The minimum atomic E-state index is -1.56. The average Bonchev–Trinajstić information content (AvgIpc) is 2.46. The Labute approximate surface area is 154 Å². The van der Waals surface area contributed by atoms with Crippen molar-refractivity contribution in [2.45, 2.75) is 31.6 Å². The van der Waals surface area contributed by atoms with Gasteiger partial charge >= 0.3 is 0 Å². The minimum absolute atomic E-state index is 0.0709. The number of hydrogen-bond acceptors (Lipinski definition) is 6. The number of ether oxygens (including phenoxy) is 2. The van der Waals surface area contributed by atoms with Gasteiger partial charge in [0.15, 0.2) is 6.79 Å². The van der Waals surface area contributed by atoms with Gasteiger partial charge in [-0.3, -0.25) is 10.1 Å². The largest absolute Gasteiger partial charge is 0.598 e.